The van der Waals surface area contributed by atoms with Crippen LogP contribution < -0.4 is 0 Å². The molecule has 1 heterocycles. The van der Waals surface area contributed by atoms with Crippen molar-refractivity contribution in [1.29, 1.82) is 0 Å². The number of aliphatic hydroxyl groups is 1. The van der Waals surface area contributed by atoms with Crippen LogP contribution in [-0.2, 0) is 6.54 Å². The predicted octanol–water partition coefficient (Wildman–Crippen LogP) is 2.90. The third kappa shape index (κ3) is 2.20. The van der Waals surface area contributed by atoms with Crippen molar-refractivity contribution >= 4 is 11.0 Å². The molecule has 0 aliphatic carbocycles. The van der Waals surface area contributed by atoms with Gasteiger partial charge in [-0.2, -0.15) is 0 Å². The van der Waals surface area contributed by atoms with Crippen LogP contribution in [0.5, 0.6) is 0 Å². The van der Waals surface area contributed by atoms with Crippen LogP contribution in [0.15, 0.2) is 24.3 Å². The van der Waals surface area contributed by atoms with E-state index < -0.39 is 5.60 Å². The highest BCUT2D eigenvalue weighted by Gasteiger charge is 2.24. The zero-order chi connectivity index (χ0) is 12.5. The second kappa shape index (κ2) is 4.49. The number of nitrogens with zero attached hydrogens (tertiary/aromatic N) is 2. The Hall–Kier alpha value is -1.35. The summed E-state index contributed by atoms with van der Waals surface area (Å²) < 4.78 is 2.11. The number of imidazole rings is 1. The predicted molar refractivity (Wildman–Crippen MR) is 70.0 cm³/mol. The maximum Gasteiger partial charge on any atom is 0.106 e. The number of fused-ring (bicyclic) bond motifs is 1. The number of rotatable bonds is 4. The average Bonchev–Trinajstić information content (AvgIpc) is 2.66. The Morgan fingerprint density at radius 1 is 1.24 bits per heavy atom. The number of hydrogen-bond acceptors (Lipinski definition) is 2. The van der Waals surface area contributed by atoms with Gasteiger partial charge in [0.15, 0.2) is 0 Å². The topological polar surface area (TPSA) is 38.0 Å². The molecule has 0 fully saturated rings. The third-order valence-electron chi connectivity index (χ3n) is 3.61. The molecule has 0 atom stereocenters. The van der Waals surface area contributed by atoms with Crippen molar-refractivity contribution in [2.24, 2.45) is 0 Å². The minimum atomic E-state index is -0.631. The second-order valence-electron chi connectivity index (χ2n) is 4.67. The summed E-state index contributed by atoms with van der Waals surface area (Å²) in [7, 11) is 0. The summed E-state index contributed by atoms with van der Waals surface area (Å²) in [6.07, 6.45) is 1.52. The monoisotopic (exact) mass is 232 g/mol. The minimum absolute atomic E-state index is 0.617. The van der Waals surface area contributed by atoms with E-state index in [1.54, 1.807) is 0 Å². The molecule has 1 aromatic carbocycles. The van der Waals surface area contributed by atoms with Crippen LogP contribution in [0.3, 0.4) is 0 Å². The van der Waals surface area contributed by atoms with Crippen LogP contribution in [0.2, 0.25) is 0 Å². The molecule has 0 saturated carbocycles. The van der Waals surface area contributed by atoms with E-state index in [0.717, 1.165) is 29.7 Å². The molecule has 1 aromatic heterocycles. The first-order valence-electron chi connectivity index (χ1n) is 6.24. The molecule has 0 radical (unpaired) electrons. The zero-order valence-electron chi connectivity index (χ0n) is 10.8. The van der Waals surface area contributed by atoms with Gasteiger partial charge in [-0.15, -0.1) is 0 Å². The smallest absolute Gasteiger partial charge is 0.106 e. The molecule has 17 heavy (non-hydrogen) atoms. The van der Waals surface area contributed by atoms with E-state index in [4.69, 9.17) is 0 Å². The van der Waals surface area contributed by atoms with Gasteiger partial charge in [0.2, 0.25) is 0 Å². The summed E-state index contributed by atoms with van der Waals surface area (Å²) in [6.45, 7) is 6.66. The number of para-hydroxylation sites is 2. The zero-order valence-corrected chi connectivity index (χ0v) is 10.8. The van der Waals surface area contributed by atoms with Gasteiger partial charge < -0.3 is 9.67 Å². The summed E-state index contributed by atoms with van der Waals surface area (Å²) in [4.78, 5) is 4.52. The molecule has 92 valence electrons. The minimum Gasteiger partial charge on any atom is -0.388 e. The van der Waals surface area contributed by atoms with Crippen LogP contribution in [0, 0.1) is 6.92 Å². The first kappa shape index (κ1) is 12.1. The maximum atomic E-state index is 10.4. The first-order chi connectivity index (χ1) is 8.09. The molecular formula is C14H20N2O. The van der Waals surface area contributed by atoms with E-state index in [2.05, 4.69) is 15.6 Å². The van der Waals surface area contributed by atoms with Crippen molar-refractivity contribution < 1.29 is 5.11 Å². The fourth-order valence-electron chi connectivity index (χ4n) is 2.16. The Labute approximate surface area is 102 Å². The molecule has 1 N–H and O–H groups in total. The molecule has 0 aliphatic rings. The van der Waals surface area contributed by atoms with Crippen molar-refractivity contribution in [1.82, 2.24) is 9.55 Å². The highest BCUT2D eigenvalue weighted by atomic mass is 16.3. The Bertz CT molecular complexity index is 512. The Balaban J connectivity index is 2.45. The molecule has 3 nitrogen and oxygen atoms in total. The van der Waals surface area contributed by atoms with Gasteiger partial charge in [-0.05, 0) is 31.9 Å². The number of aryl methyl sites for hydroxylation is 1. The maximum absolute atomic E-state index is 10.4. The second-order valence-corrected chi connectivity index (χ2v) is 4.67. The molecule has 2 aromatic rings. The van der Waals surface area contributed by atoms with E-state index in [9.17, 15) is 5.11 Å². The van der Waals surface area contributed by atoms with Crippen molar-refractivity contribution in [3.63, 3.8) is 0 Å². The summed E-state index contributed by atoms with van der Waals surface area (Å²) in [5.41, 5.74) is 1.47. The van der Waals surface area contributed by atoms with Crippen molar-refractivity contribution in [3.05, 3.63) is 30.1 Å². The Morgan fingerprint density at radius 2 is 1.88 bits per heavy atom. The van der Waals surface area contributed by atoms with Crippen molar-refractivity contribution in [3.8, 4) is 0 Å². The van der Waals surface area contributed by atoms with E-state index in [-0.39, 0.29) is 0 Å². The van der Waals surface area contributed by atoms with Crippen LogP contribution in [0.1, 0.15) is 32.5 Å². The molecular weight excluding hydrogens is 212 g/mol. The van der Waals surface area contributed by atoms with Crippen LogP contribution in [0.4, 0.5) is 0 Å². The molecule has 3 heteroatoms. The van der Waals surface area contributed by atoms with E-state index in [1.165, 1.54) is 0 Å². The molecule has 0 aliphatic heterocycles. The third-order valence-corrected chi connectivity index (χ3v) is 3.61. The first-order valence-corrected chi connectivity index (χ1v) is 6.24. The molecule has 0 spiro atoms. The van der Waals surface area contributed by atoms with Crippen LogP contribution >= 0.6 is 0 Å². The van der Waals surface area contributed by atoms with Gasteiger partial charge in [0.05, 0.1) is 23.2 Å². The van der Waals surface area contributed by atoms with Gasteiger partial charge in [0, 0.05) is 0 Å². The van der Waals surface area contributed by atoms with Crippen LogP contribution in [0.25, 0.3) is 11.0 Å². The highest BCUT2D eigenvalue weighted by molar-refractivity contribution is 5.75. The molecule has 0 amide bonds. The summed E-state index contributed by atoms with van der Waals surface area (Å²) >= 11 is 0. The summed E-state index contributed by atoms with van der Waals surface area (Å²) in [5, 5.41) is 10.4. The number of aromatic nitrogens is 2. The quantitative estimate of drug-likeness (QED) is 0.880. The fraction of sp³-hybridized carbons (Fsp3) is 0.500. The molecule has 2 rings (SSSR count). The largest absolute Gasteiger partial charge is 0.388 e. The van der Waals surface area contributed by atoms with Crippen molar-refractivity contribution in [2.75, 3.05) is 0 Å². The van der Waals surface area contributed by atoms with Crippen molar-refractivity contribution in [2.45, 2.75) is 45.8 Å². The summed E-state index contributed by atoms with van der Waals surface area (Å²) in [5.74, 6) is 0.964. The standard InChI is InChI=1S/C14H20N2O/c1-4-14(17,5-2)10-16-11(3)15-12-8-6-7-9-13(12)16/h6-9,17H,4-5,10H2,1-3H3. The van der Waals surface area contributed by atoms with Crippen LogP contribution in [-0.4, -0.2) is 20.3 Å². The molecule has 0 unspecified atom stereocenters. The van der Waals surface area contributed by atoms with Gasteiger partial charge in [-0.1, -0.05) is 26.0 Å². The fourth-order valence-corrected chi connectivity index (χ4v) is 2.16. The average molecular weight is 232 g/mol. The van der Waals surface area contributed by atoms with E-state index in [1.807, 2.05) is 39.0 Å². The Morgan fingerprint density at radius 3 is 2.53 bits per heavy atom. The lowest BCUT2D eigenvalue weighted by molar-refractivity contribution is 0.0156. The lowest BCUT2D eigenvalue weighted by atomic mass is 9.97. The normalized spacial score (nSPS) is 12.2. The molecule has 0 bridgehead atoms. The summed E-state index contributed by atoms with van der Waals surface area (Å²) in [6, 6.07) is 8.07. The lowest BCUT2D eigenvalue weighted by Crippen LogP contribution is -2.32. The highest BCUT2D eigenvalue weighted by Crippen LogP contribution is 2.22. The van der Waals surface area contributed by atoms with Gasteiger partial charge in [-0.3, -0.25) is 0 Å². The van der Waals surface area contributed by atoms with E-state index in [0.29, 0.717) is 6.54 Å². The van der Waals surface area contributed by atoms with Gasteiger partial charge in [0.1, 0.15) is 5.82 Å². The Kier molecular flexibility index (Phi) is 3.20. The van der Waals surface area contributed by atoms with Gasteiger partial charge in [-0.25, -0.2) is 4.98 Å². The SMILES string of the molecule is CCC(O)(CC)Cn1c(C)nc2ccccc21. The van der Waals surface area contributed by atoms with E-state index >= 15 is 0 Å². The lowest BCUT2D eigenvalue weighted by Gasteiger charge is -2.26. The number of hydrogen-bond donors (Lipinski definition) is 1. The number of benzene rings is 1. The van der Waals surface area contributed by atoms with Gasteiger partial charge in [0.25, 0.3) is 0 Å². The molecule has 0 saturated heterocycles. The van der Waals surface area contributed by atoms with Gasteiger partial charge >= 0.3 is 0 Å².